The van der Waals surface area contributed by atoms with Crippen LogP contribution in [-0.2, 0) is 0 Å². The van der Waals surface area contributed by atoms with Crippen LogP contribution >= 0.6 is 0 Å². The molecule has 0 aliphatic carbocycles. The number of ether oxygens (including phenoxy) is 1. The third-order valence-electron chi connectivity index (χ3n) is 3.76. The normalized spacial score (nSPS) is 20.3. The molecule has 0 saturated carbocycles. The van der Waals surface area contributed by atoms with Gasteiger partial charge in [0.2, 0.25) is 0 Å². The van der Waals surface area contributed by atoms with E-state index in [0.717, 1.165) is 18.7 Å². The van der Waals surface area contributed by atoms with Crippen molar-refractivity contribution in [2.45, 2.75) is 26.7 Å². The zero-order valence-corrected chi connectivity index (χ0v) is 12.1. The molecule has 1 aromatic rings. The Kier molecular flexibility index (Phi) is 4.59. The Hall–Kier alpha value is -1.35. The number of rotatable bonds is 4. The highest BCUT2D eigenvalue weighted by atomic mass is 16.5. The first kappa shape index (κ1) is 14.1. The molecule has 0 spiro atoms. The number of methoxy groups -OCH3 is 1. The van der Waals surface area contributed by atoms with Gasteiger partial charge in [-0.05, 0) is 44.4 Å². The van der Waals surface area contributed by atoms with E-state index < -0.39 is 0 Å². The van der Waals surface area contributed by atoms with E-state index in [-0.39, 0.29) is 5.78 Å². The largest absolute Gasteiger partial charge is 0.496 e. The highest BCUT2D eigenvalue weighted by Gasteiger charge is 2.20. The summed E-state index contributed by atoms with van der Waals surface area (Å²) in [4.78, 5) is 14.7. The predicted molar refractivity (Wildman–Crippen MR) is 76.9 cm³/mol. The van der Waals surface area contributed by atoms with Gasteiger partial charge in [0.25, 0.3) is 0 Å². The molecule has 3 nitrogen and oxygen atoms in total. The third-order valence-corrected chi connectivity index (χ3v) is 3.76. The van der Waals surface area contributed by atoms with E-state index >= 15 is 0 Å². The number of aryl methyl sites for hydroxylation is 1. The number of nitrogens with zero attached hydrogens (tertiary/aromatic N) is 1. The maximum atomic E-state index is 12.4. The fraction of sp³-hybridized carbons (Fsp3) is 0.562. The molecule has 0 amide bonds. The molecule has 1 fully saturated rings. The van der Waals surface area contributed by atoms with Crippen LogP contribution in [0.2, 0.25) is 0 Å². The second kappa shape index (κ2) is 6.20. The Morgan fingerprint density at radius 3 is 2.95 bits per heavy atom. The number of likely N-dealkylation sites (tertiary alicyclic amines) is 1. The number of carbonyl (C=O) groups is 1. The molecule has 1 atom stereocenters. The van der Waals surface area contributed by atoms with Gasteiger partial charge in [-0.15, -0.1) is 0 Å². The number of carbonyl (C=O) groups excluding carboxylic acids is 1. The van der Waals surface area contributed by atoms with Gasteiger partial charge in [-0.1, -0.05) is 18.6 Å². The molecule has 19 heavy (non-hydrogen) atoms. The molecule has 0 bridgehead atoms. The van der Waals surface area contributed by atoms with Crippen LogP contribution in [0.25, 0.3) is 0 Å². The molecule has 0 aromatic heterocycles. The number of ketones is 1. The van der Waals surface area contributed by atoms with Crippen LogP contribution in [0.15, 0.2) is 18.2 Å². The number of piperidine rings is 1. The Balaban J connectivity index is 2.09. The lowest BCUT2D eigenvalue weighted by atomic mass is 9.99. The van der Waals surface area contributed by atoms with E-state index in [1.165, 1.54) is 12.8 Å². The highest BCUT2D eigenvalue weighted by Crippen LogP contribution is 2.22. The molecular weight excluding hydrogens is 238 g/mol. The minimum atomic E-state index is 0.162. The molecule has 1 aliphatic rings. The SMILES string of the molecule is COc1ccc(C)cc1C(=O)CN1CCCC(C)C1. The summed E-state index contributed by atoms with van der Waals surface area (Å²) in [5, 5.41) is 0. The van der Waals surface area contributed by atoms with Gasteiger partial charge in [-0.25, -0.2) is 0 Å². The van der Waals surface area contributed by atoms with Gasteiger partial charge in [0, 0.05) is 6.54 Å². The molecule has 2 rings (SSSR count). The van der Waals surface area contributed by atoms with Crippen molar-refractivity contribution >= 4 is 5.78 Å². The third kappa shape index (κ3) is 3.57. The van der Waals surface area contributed by atoms with Crippen molar-refractivity contribution in [3.8, 4) is 5.75 Å². The first-order chi connectivity index (χ1) is 9.10. The molecule has 0 N–H and O–H groups in total. The lowest BCUT2D eigenvalue weighted by Gasteiger charge is -2.30. The molecule has 0 radical (unpaired) electrons. The van der Waals surface area contributed by atoms with Crippen LogP contribution in [0.4, 0.5) is 0 Å². The van der Waals surface area contributed by atoms with E-state index in [1.807, 2.05) is 25.1 Å². The average Bonchev–Trinajstić information content (AvgIpc) is 2.38. The smallest absolute Gasteiger partial charge is 0.180 e. The van der Waals surface area contributed by atoms with Crippen molar-refractivity contribution in [1.82, 2.24) is 4.90 Å². The molecule has 1 aromatic carbocycles. The number of hydrogen-bond donors (Lipinski definition) is 0. The van der Waals surface area contributed by atoms with Gasteiger partial charge in [-0.3, -0.25) is 9.69 Å². The minimum absolute atomic E-state index is 0.162. The van der Waals surface area contributed by atoms with Crippen LogP contribution in [0.1, 0.15) is 35.7 Å². The van der Waals surface area contributed by atoms with Crippen LogP contribution in [0.5, 0.6) is 5.75 Å². The molecule has 1 heterocycles. The van der Waals surface area contributed by atoms with E-state index in [9.17, 15) is 4.79 Å². The number of hydrogen-bond acceptors (Lipinski definition) is 3. The van der Waals surface area contributed by atoms with E-state index in [4.69, 9.17) is 4.74 Å². The van der Waals surface area contributed by atoms with Gasteiger partial charge in [0.1, 0.15) is 5.75 Å². The minimum Gasteiger partial charge on any atom is -0.496 e. The van der Waals surface area contributed by atoms with Gasteiger partial charge >= 0.3 is 0 Å². The summed E-state index contributed by atoms with van der Waals surface area (Å²) in [6.07, 6.45) is 2.47. The average molecular weight is 261 g/mol. The topological polar surface area (TPSA) is 29.5 Å². The summed E-state index contributed by atoms with van der Waals surface area (Å²) in [5.74, 6) is 1.54. The number of Topliss-reactive ketones (excluding diaryl/α,β-unsaturated/α-hetero) is 1. The zero-order valence-electron chi connectivity index (χ0n) is 12.1. The van der Waals surface area contributed by atoms with Crippen molar-refractivity contribution in [3.63, 3.8) is 0 Å². The Bertz CT molecular complexity index is 456. The first-order valence-corrected chi connectivity index (χ1v) is 7.00. The molecule has 1 aliphatic heterocycles. The van der Waals surface area contributed by atoms with Gasteiger partial charge in [0.15, 0.2) is 5.78 Å². The van der Waals surface area contributed by atoms with Crippen molar-refractivity contribution in [2.24, 2.45) is 5.92 Å². The van der Waals surface area contributed by atoms with E-state index in [2.05, 4.69) is 11.8 Å². The summed E-state index contributed by atoms with van der Waals surface area (Å²) >= 11 is 0. The second-order valence-corrected chi connectivity index (χ2v) is 5.61. The monoisotopic (exact) mass is 261 g/mol. The highest BCUT2D eigenvalue weighted by molar-refractivity contribution is 6.00. The zero-order chi connectivity index (χ0) is 13.8. The molecule has 1 unspecified atom stereocenters. The number of benzene rings is 1. The maximum Gasteiger partial charge on any atom is 0.180 e. The Morgan fingerprint density at radius 2 is 2.26 bits per heavy atom. The molecular formula is C16H23NO2. The fourth-order valence-electron chi connectivity index (χ4n) is 2.76. The van der Waals surface area contributed by atoms with Crippen molar-refractivity contribution in [2.75, 3.05) is 26.7 Å². The van der Waals surface area contributed by atoms with Crippen LogP contribution in [0, 0.1) is 12.8 Å². The summed E-state index contributed by atoms with van der Waals surface area (Å²) in [6.45, 7) is 6.82. The summed E-state index contributed by atoms with van der Waals surface area (Å²) < 4.78 is 5.29. The van der Waals surface area contributed by atoms with Gasteiger partial charge < -0.3 is 4.74 Å². The summed E-state index contributed by atoms with van der Waals surface area (Å²) in [6, 6.07) is 5.77. The van der Waals surface area contributed by atoms with E-state index in [1.54, 1.807) is 7.11 Å². The quantitative estimate of drug-likeness (QED) is 0.780. The predicted octanol–water partition coefficient (Wildman–Crippen LogP) is 2.92. The van der Waals surface area contributed by atoms with Crippen LogP contribution < -0.4 is 4.74 Å². The molecule has 104 valence electrons. The fourth-order valence-corrected chi connectivity index (χ4v) is 2.76. The van der Waals surface area contributed by atoms with Crippen molar-refractivity contribution < 1.29 is 9.53 Å². The Labute approximate surface area is 115 Å². The van der Waals surface area contributed by atoms with Crippen molar-refractivity contribution in [3.05, 3.63) is 29.3 Å². The molecule has 1 saturated heterocycles. The summed E-state index contributed by atoms with van der Waals surface area (Å²) in [7, 11) is 1.62. The lowest BCUT2D eigenvalue weighted by molar-refractivity contribution is 0.0890. The molecule has 3 heteroatoms. The standard InChI is InChI=1S/C16H23NO2/c1-12-6-7-16(19-3)14(9-12)15(18)11-17-8-4-5-13(2)10-17/h6-7,9,13H,4-5,8,10-11H2,1-3H3. The van der Waals surface area contributed by atoms with Crippen LogP contribution in [-0.4, -0.2) is 37.4 Å². The van der Waals surface area contributed by atoms with Crippen LogP contribution in [0.3, 0.4) is 0 Å². The van der Waals surface area contributed by atoms with Crippen molar-refractivity contribution in [1.29, 1.82) is 0 Å². The van der Waals surface area contributed by atoms with Gasteiger partial charge in [0.05, 0.1) is 19.2 Å². The maximum absolute atomic E-state index is 12.4. The second-order valence-electron chi connectivity index (χ2n) is 5.61. The van der Waals surface area contributed by atoms with Gasteiger partial charge in [-0.2, -0.15) is 0 Å². The summed E-state index contributed by atoms with van der Waals surface area (Å²) in [5.41, 5.74) is 1.80. The lowest BCUT2D eigenvalue weighted by Crippen LogP contribution is -2.38. The first-order valence-electron chi connectivity index (χ1n) is 7.00. The van der Waals surface area contributed by atoms with E-state index in [0.29, 0.717) is 23.8 Å². The Morgan fingerprint density at radius 1 is 1.47 bits per heavy atom.